The first-order valence-electron chi connectivity index (χ1n) is 3.22. The Balaban J connectivity index is 2.74. The minimum atomic E-state index is 0.241. The van der Waals surface area contributed by atoms with Crippen LogP contribution in [-0.2, 0) is 16.1 Å². The average Bonchev–Trinajstić information content (AvgIpc) is 2.29. The maximum Gasteiger partial charge on any atom is 0.293 e. The zero-order valence-corrected chi connectivity index (χ0v) is 6.46. The molecule has 0 aliphatic rings. The van der Waals surface area contributed by atoms with Gasteiger partial charge in [-0.1, -0.05) is 5.16 Å². The standard InChI is InChI=1S/C7H9NO3/c1-5-7(3-10-4-9)6(2)11-8-5/h4H,3H2,1-2H3. The van der Waals surface area contributed by atoms with Crippen LogP contribution in [0.25, 0.3) is 0 Å². The van der Waals surface area contributed by atoms with Gasteiger partial charge in [-0.3, -0.25) is 4.79 Å². The molecule has 1 aromatic heterocycles. The van der Waals surface area contributed by atoms with Crippen molar-refractivity contribution in [2.24, 2.45) is 0 Å². The third-order valence-corrected chi connectivity index (χ3v) is 1.48. The largest absolute Gasteiger partial charge is 0.463 e. The number of rotatable bonds is 3. The Morgan fingerprint density at radius 2 is 2.36 bits per heavy atom. The minimum Gasteiger partial charge on any atom is -0.463 e. The highest BCUT2D eigenvalue weighted by Gasteiger charge is 2.07. The summed E-state index contributed by atoms with van der Waals surface area (Å²) in [7, 11) is 0. The van der Waals surface area contributed by atoms with Gasteiger partial charge in [0.1, 0.15) is 12.4 Å². The molecule has 0 fully saturated rings. The summed E-state index contributed by atoms with van der Waals surface area (Å²) >= 11 is 0. The number of aryl methyl sites for hydroxylation is 2. The van der Waals surface area contributed by atoms with Crippen molar-refractivity contribution in [2.75, 3.05) is 0 Å². The molecular weight excluding hydrogens is 146 g/mol. The third kappa shape index (κ3) is 1.58. The first-order chi connectivity index (χ1) is 5.25. The lowest BCUT2D eigenvalue weighted by molar-refractivity contribution is -0.129. The predicted octanol–water partition coefficient (Wildman–Crippen LogP) is 0.964. The average molecular weight is 155 g/mol. The van der Waals surface area contributed by atoms with Gasteiger partial charge in [-0.15, -0.1) is 0 Å². The van der Waals surface area contributed by atoms with E-state index in [2.05, 4.69) is 9.89 Å². The molecule has 0 unspecified atom stereocenters. The monoisotopic (exact) mass is 155 g/mol. The van der Waals surface area contributed by atoms with Gasteiger partial charge in [-0.25, -0.2) is 0 Å². The predicted molar refractivity (Wildman–Crippen MR) is 36.8 cm³/mol. The smallest absolute Gasteiger partial charge is 0.293 e. The van der Waals surface area contributed by atoms with Crippen molar-refractivity contribution in [1.29, 1.82) is 0 Å². The molecule has 0 N–H and O–H groups in total. The van der Waals surface area contributed by atoms with Crippen LogP contribution in [-0.4, -0.2) is 11.6 Å². The molecule has 0 saturated carbocycles. The zero-order chi connectivity index (χ0) is 8.27. The lowest BCUT2D eigenvalue weighted by Gasteiger charge is -1.95. The number of hydrogen-bond donors (Lipinski definition) is 0. The van der Waals surface area contributed by atoms with Crippen LogP contribution in [0.4, 0.5) is 0 Å². The van der Waals surface area contributed by atoms with Crippen LogP contribution in [0.2, 0.25) is 0 Å². The molecule has 4 nitrogen and oxygen atoms in total. The number of carbonyl (C=O) groups excluding carboxylic acids is 1. The first kappa shape index (κ1) is 7.78. The summed E-state index contributed by atoms with van der Waals surface area (Å²) in [5.41, 5.74) is 1.61. The zero-order valence-electron chi connectivity index (χ0n) is 6.46. The van der Waals surface area contributed by atoms with Gasteiger partial charge < -0.3 is 9.26 Å². The molecule has 0 aliphatic carbocycles. The number of carbonyl (C=O) groups is 1. The summed E-state index contributed by atoms with van der Waals surface area (Å²) in [6.07, 6.45) is 0. The van der Waals surface area contributed by atoms with Gasteiger partial charge in [0.15, 0.2) is 0 Å². The van der Waals surface area contributed by atoms with Gasteiger partial charge in [-0.2, -0.15) is 0 Å². The highest BCUT2D eigenvalue weighted by molar-refractivity contribution is 5.37. The molecule has 0 bridgehead atoms. The molecule has 1 rings (SSSR count). The van der Waals surface area contributed by atoms with Crippen molar-refractivity contribution in [2.45, 2.75) is 20.5 Å². The van der Waals surface area contributed by atoms with Gasteiger partial charge >= 0.3 is 0 Å². The van der Waals surface area contributed by atoms with E-state index < -0.39 is 0 Å². The van der Waals surface area contributed by atoms with E-state index in [1.807, 2.05) is 0 Å². The van der Waals surface area contributed by atoms with E-state index in [0.29, 0.717) is 12.2 Å². The Morgan fingerprint density at radius 1 is 1.64 bits per heavy atom. The minimum absolute atomic E-state index is 0.241. The molecule has 4 heteroatoms. The van der Waals surface area contributed by atoms with Gasteiger partial charge in [0.2, 0.25) is 0 Å². The summed E-state index contributed by atoms with van der Waals surface area (Å²) < 4.78 is 9.41. The molecule has 0 atom stereocenters. The van der Waals surface area contributed by atoms with Crippen LogP contribution in [0, 0.1) is 13.8 Å². The Labute approximate surface area is 64.1 Å². The molecule has 0 aliphatic heterocycles. The first-order valence-corrected chi connectivity index (χ1v) is 3.22. The molecule has 0 amide bonds. The fourth-order valence-electron chi connectivity index (χ4n) is 0.825. The van der Waals surface area contributed by atoms with Crippen molar-refractivity contribution in [1.82, 2.24) is 5.16 Å². The Kier molecular flexibility index (Phi) is 2.25. The highest BCUT2D eigenvalue weighted by Crippen LogP contribution is 2.12. The van der Waals surface area contributed by atoms with E-state index in [1.54, 1.807) is 13.8 Å². The SMILES string of the molecule is Cc1noc(C)c1COC=O. The van der Waals surface area contributed by atoms with E-state index >= 15 is 0 Å². The van der Waals surface area contributed by atoms with Gasteiger partial charge in [0.05, 0.1) is 11.3 Å². The number of nitrogens with zero attached hydrogens (tertiary/aromatic N) is 1. The Hall–Kier alpha value is -1.32. The highest BCUT2D eigenvalue weighted by atomic mass is 16.5. The van der Waals surface area contributed by atoms with Crippen molar-refractivity contribution in [3.8, 4) is 0 Å². The lowest BCUT2D eigenvalue weighted by Crippen LogP contribution is -1.92. The second-order valence-electron chi connectivity index (χ2n) is 2.21. The van der Waals surface area contributed by atoms with Crippen molar-refractivity contribution in [3.63, 3.8) is 0 Å². The van der Waals surface area contributed by atoms with Crippen molar-refractivity contribution < 1.29 is 14.1 Å². The quantitative estimate of drug-likeness (QED) is 0.610. The second kappa shape index (κ2) is 3.18. The van der Waals surface area contributed by atoms with Crippen LogP contribution < -0.4 is 0 Å². The summed E-state index contributed by atoms with van der Waals surface area (Å²) in [6, 6.07) is 0. The topological polar surface area (TPSA) is 52.3 Å². The number of hydrogen-bond acceptors (Lipinski definition) is 4. The molecule has 11 heavy (non-hydrogen) atoms. The molecule has 0 saturated heterocycles. The molecular formula is C7H9NO3. The van der Waals surface area contributed by atoms with Crippen LogP contribution in [0.15, 0.2) is 4.52 Å². The molecule has 1 aromatic rings. The fraction of sp³-hybridized carbons (Fsp3) is 0.429. The number of aromatic nitrogens is 1. The van der Waals surface area contributed by atoms with Crippen molar-refractivity contribution in [3.05, 3.63) is 17.0 Å². The van der Waals surface area contributed by atoms with Crippen molar-refractivity contribution >= 4 is 6.47 Å². The maximum absolute atomic E-state index is 9.85. The number of ether oxygens (including phenoxy) is 1. The van der Waals surface area contributed by atoms with Crippen LogP contribution >= 0.6 is 0 Å². The molecule has 0 radical (unpaired) electrons. The van der Waals surface area contributed by atoms with Crippen LogP contribution in [0.1, 0.15) is 17.0 Å². The fourth-order valence-corrected chi connectivity index (χ4v) is 0.825. The summed E-state index contributed by atoms with van der Waals surface area (Å²) in [6.45, 7) is 4.24. The van der Waals surface area contributed by atoms with Gasteiger partial charge in [-0.05, 0) is 13.8 Å². The van der Waals surface area contributed by atoms with E-state index in [0.717, 1.165) is 11.3 Å². The molecule has 0 spiro atoms. The van der Waals surface area contributed by atoms with E-state index in [1.165, 1.54) is 0 Å². The van der Waals surface area contributed by atoms with E-state index in [-0.39, 0.29) is 6.61 Å². The van der Waals surface area contributed by atoms with Gasteiger partial charge in [0.25, 0.3) is 6.47 Å². The maximum atomic E-state index is 9.85. The van der Waals surface area contributed by atoms with Crippen LogP contribution in [0.3, 0.4) is 0 Å². The second-order valence-corrected chi connectivity index (χ2v) is 2.21. The van der Waals surface area contributed by atoms with E-state index in [9.17, 15) is 4.79 Å². The van der Waals surface area contributed by atoms with E-state index in [4.69, 9.17) is 4.52 Å². The third-order valence-electron chi connectivity index (χ3n) is 1.48. The summed E-state index contributed by atoms with van der Waals surface area (Å²) in [5, 5.41) is 3.70. The Morgan fingerprint density at radius 3 is 2.82 bits per heavy atom. The summed E-state index contributed by atoms with van der Waals surface area (Å²) in [5.74, 6) is 0.698. The van der Waals surface area contributed by atoms with Gasteiger partial charge in [0, 0.05) is 0 Å². The van der Waals surface area contributed by atoms with Crippen LogP contribution in [0.5, 0.6) is 0 Å². The summed E-state index contributed by atoms with van der Waals surface area (Å²) in [4.78, 5) is 9.85. The molecule has 60 valence electrons. The Bertz CT molecular complexity index is 235. The molecule has 0 aromatic carbocycles. The normalized spacial score (nSPS) is 9.64. The molecule has 1 heterocycles. The lowest BCUT2D eigenvalue weighted by atomic mass is 10.2.